The molecule has 1 fully saturated rings. The van der Waals surface area contributed by atoms with Gasteiger partial charge in [0.25, 0.3) is 0 Å². The Balaban J connectivity index is 1.76. The topological polar surface area (TPSA) is 40.5 Å². The molecule has 0 atom stereocenters. The van der Waals surface area contributed by atoms with Crippen LogP contribution in [-0.4, -0.2) is 28.1 Å². The van der Waals surface area contributed by atoms with Crippen LogP contribution in [-0.2, 0) is 11.3 Å². The third-order valence-electron chi connectivity index (χ3n) is 5.19. The predicted molar refractivity (Wildman–Crippen MR) is 101 cm³/mol. The average Bonchev–Trinajstić information content (AvgIpc) is 2.62. The second-order valence-electron chi connectivity index (χ2n) is 7.37. The zero-order valence-corrected chi connectivity index (χ0v) is 15.2. The van der Waals surface area contributed by atoms with E-state index in [4.69, 9.17) is 0 Å². The van der Waals surface area contributed by atoms with Gasteiger partial charge in [-0.1, -0.05) is 49.6 Å². The molecule has 1 N–H and O–H groups in total. The molecule has 2 aromatic rings. The number of rotatable bonds is 5. The lowest BCUT2D eigenvalue weighted by atomic mass is 9.84. The fourth-order valence-corrected chi connectivity index (χ4v) is 3.71. The van der Waals surface area contributed by atoms with Crippen LogP contribution in [0.3, 0.4) is 0 Å². The quantitative estimate of drug-likeness (QED) is 0.856. The van der Waals surface area contributed by atoms with E-state index >= 15 is 0 Å². The van der Waals surface area contributed by atoms with Crippen LogP contribution >= 0.6 is 0 Å². The number of benzene rings is 2. The summed E-state index contributed by atoms with van der Waals surface area (Å²) < 4.78 is 13.1. The molecule has 0 saturated heterocycles. The predicted octanol–water partition coefficient (Wildman–Crippen LogP) is 4.54. The van der Waals surface area contributed by atoms with E-state index < -0.39 is 5.60 Å². The summed E-state index contributed by atoms with van der Waals surface area (Å²) in [6.45, 7) is 2.39. The summed E-state index contributed by atoms with van der Waals surface area (Å²) in [6, 6.07) is 14.3. The molecular weight excluding hydrogens is 329 g/mol. The van der Waals surface area contributed by atoms with Gasteiger partial charge < -0.3 is 10.0 Å². The summed E-state index contributed by atoms with van der Waals surface area (Å²) in [5, 5.41) is 10.8. The maximum absolute atomic E-state index is 13.1. The van der Waals surface area contributed by atoms with E-state index in [-0.39, 0.29) is 11.7 Å². The molecule has 1 saturated carbocycles. The highest BCUT2D eigenvalue weighted by molar-refractivity contribution is 5.73. The molecule has 0 heterocycles. The zero-order valence-electron chi connectivity index (χ0n) is 15.2. The van der Waals surface area contributed by atoms with Crippen molar-refractivity contribution >= 4 is 5.91 Å². The summed E-state index contributed by atoms with van der Waals surface area (Å²) in [7, 11) is 0. The van der Waals surface area contributed by atoms with E-state index in [0.29, 0.717) is 13.1 Å². The molecule has 3 nitrogen and oxygen atoms in total. The van der Waals surface area contributed by atoms with Crippen molar-refractivity contribution in [2.75, 3.05) is 6.54 Å². The molecule has 2 aromatic carbocycles. The van der Waals surface area contributed by atoms with Crippen LogP contribution in [0.4, 0.5) is 4.39 Å². The maximum Gasteiger partial charge on any atom is 0.219 e. The van der Waals surface area contributed by atoms with E-state index in [2.05, 4.69) is 0 Å². The fraction of sp³-hybridized carbons (Fsp3) is 0.409. The lowest BCUT2D eigenvalue weighted by Crippen LogP contribution is -2.45. The summed E-state index contributed by atoms with van der Waals surface area (Å²) in [5.74, 6) is -0.287. The van der Waals surface area contributed by atoms with Crippen LogP contribution in [0.5, 0.6) is 0 Å². The van der Waals surface area contributed by atoms with Gasteiger partial charge in [-0.25, -0.2) is 4.39 Å². The monoisotopic (exact) mass is 355 g/mol. The lowest BCUT2D eigenvalue weighted by molar-refractivity contribution is -0.134. The molecule has 0 spiro atoms. The molecule has 0 radical (unpaired) electrons. The lowest BCUT2D eigenvalue weighted by Gasteiger charge is -2.36. The highest BCUT2D eigenvalue weighted by Gasteiger charge is 2.32. The Bertz CT molecular complexity index is 751. The zero-order chi connectivity index (χ0) is 18.6. The van der Waals surface area contributed by atoms with Gasteiger partial charge in [-0.15, -0.1) is 0 Å². The Kier molecular flexibility index (Phi) is 5.72. The molecule has 1 amide bonds. The van der Waals surface area contributed by atoms with Gasteiger partial charge in [-0.2, -0.15) is 0 Å². The van der Waals surface area contributed by atoms with Crippen LogP contribution in [0.2, 0.25) is 0 Å². The van der Waals surface area contributed by atoms with Gasteiger partial charge in [0.05, 0.1) is 5.60 Å². The Labute approximate surface area is 154 Å². The maximum atomic E-state index is 13.1. The molecule has 0 unspecified atom stereocenters. The van der Waals surface area contributed by atoms with Crippen LogP contribution in [0.1, 0.15) is 44.6 Å². The highest BCUT2D eigenvalue weighted by atomic mass is 19.1. The van der Waals surface area contributed by atoms with Gasteiger partial charge in [0.1, 0.15) is 5.82 Å². The van der Waals surface area contributed by atoms with Gasteiger partial charge in [0.2, 0.25) is 5.91 Å². The first-order valence-corrected chi connectivity index (χ1v) is 9.28. The number of amides is 1. The third kappa shape index (κ3) is 4.70. The molecule has 4 heteroatoms. The van der Waals surface area contributed by atoms with E-state index in [9.17, 15) is 14.3 Å². The van der Waals surface area contributed by atoms with Crippen LogP contribution in [0, 0.1) is 5.82 Å². The van der Waals surface area contributed by atoms with Crippen molar-refractivity contribution < 1.29 is 14.3 Å². The van der Waals surface area contributed by atoms with Crippen LogP contribution in [0.15, 0.2) is 48.5 Å². The van der Waals surface area contributed by atoms with Crippen molar-refractivity contribution in [2.24, 2.45) is 0 Å². The van der Waals surface area contributed by atoms with E-state index in [1.54, 1.807) is 24.0 Å². The molecular formula is C22H26FNO2. The molecule has 1 aliphatic rings. The summed E-state index contributed by atoms with van der Waals surface area (Å²) in [5.41, 5.74) is 2.16. The normalized spacial score (nSPS) is 16.3. The number of hydrogen-bond donors (Lipinski definition) is 1. The standard InChI is InChI=1S/C22H26FNO2/c1-17(25)24(16-22(26)12-3-2-4-13-22)15-18-6-5-7-20(14-18)19-8-10-21(23)11-9-19/h5-11,14,26H,2-4,12-13,15-16H2,1H3. The van der Waals surface area contributed by atoms with Crippen molar-refractivity contribution in [2.45, 2.75) is 51.2 Å². The van der Waals surface area contributed by atoms with E-state index in [1.165, 1.54) is 12.1 Å². The minimum Gasteiger partial charge on any atom is -0.388 e. The number of nitrogens with zero attached hydrogens (tertiary/aromatic N) is 1. The first-order chi connectivity index (χ1) is 12.5. The third-order valence-corrected chi connectivity index (χ3v) is 5.19. The molecule has 0 aliphatic heterocycles. The number of carbonyl (C=O) groups excluding carboxylic acids is 1. The average molecular weight is 355 g/mol. The second kappa shape index (κ2) is 8.00. The van der Waals surface area contributed by atoms with Crippen molar-refractivity contribution in [3.05, 3.63) is 59.9 Å². The SMILES string of the molecule is CC(=O)N(Cc1cccc(-c2ccc(F)cc2)c1)CC1(O)CCCCC1. The highest BCUT2D eigenvalue weighted by Crippen LogP contribution is 2.29. The van der Waals surface area contributed by atoms with Gasteiger partial charge >= 0.3 is 0 Å². The summed E-state index contributed by atoms with van der Waals surface area (Å²) >= 11 is 0. The number of hydrogen-bond acceptors (Lipinski definition) is 2. The van der Waals surface area contributed by atoms with Crippen molar-refractivity contribution in [1.82, 2.24) is 4.90 Å². The molecule has 0 bridgehead atoms. The van der Waals surface area contributed by atoms with Gasteiger partial charge in [-0.05, 0) is 47.7 Å². The van der Waals surface area contributed by atoms with E-state index in [0.717, 1.165) is 48.8 Å². The molecule has 138 valence electrons. The van der Waals surface area contributed by atoms with Gasteiger partial charge in [0.15, 0.2) is 0 Å². The minimum atomic E-state index is -0.765. The van der Waals surface area contributed by atoms with Crippen LogP contribution < -0.4 is 0 Å². The fourth-order valence-electron chi connectivity index (χ4n) is 3.71. The first kappa shape index (κ1) is 18.6. The van der Waals surface area contributed by atoms with Crippen molar-refractivity contribution in [3.8, 4) is 11.1 Å². The smallest absolute Gasteiger partial charge is 0.219 e. The second-order valence-corrected chi connectivity index (χ2v) is 7.37. The number of halogens is 1. The molecule has 0 aromatic heterocycles. The van der Waals surface area contributed by atoms with Gasteiger partial charge in [0, 0.05) is 20.0 Å². The van der Waals surface area contributed by atoms with Crippen molar-refractivity contribution in [3.63, 3.8) is 0 Å². The Morgan fingerprint density at radius 1 is 1.08 bits per heavy atom. The molecule has 3 rings (SSSR count). The largest absolute Gasteiger partial charge is 0.388 e. The van der Waals surface area contributed by atoms with Crippen molar-refractivity contribution in [1.29, 1.82) is 0 Å². The Morgan fingerprint density at radius 2 is 1.77 bits per heavy atom. The Morgan fingerprint density at radius 3 is 2.42 bits per heavy atom. The minimum absolute atomic E-state index is 0.0313. The molecule has 26 heavy (non-hydrogen) atoms. The Hall–Kier alpha value is -2.20. The summed E-state index contributed by atoms with van der Waals surface area (Å²) in [4.78, 5) is 13.9. The summed E-state index contributed by atoms with van der Waals surface area (Å²) in [6.07, 6.45) is 4.70. The van der Waals surface area contributed by atoms with Gasteiger partial charge in [-0.3, -0.25) is 4.79 Å². The first-order valence-electron chi connectivity index (χ1n) is 9.28. The number of carbonyl (C=O) groups is 1. The van der Waals surface area contributed by atoms with Crippen LogP contribution in [0.25, 0.3) is 11.1 Å². The number of aliphatic hydroxyl groups is 1. The molecule has 1 aliphatic carbocycles. The van der Waals surface area contributed by atoms with E-state index in [1.807, 2.05) is 24.3 Å².